The Balaban J connectivity index is 1.55. The molecule has 11 heteroatoms. The number of carbonyl (C=O) groups is 1. The standard InChI is InChI=1S/C21H21FN8O2/c22-18-19(13-8-23-24-9-13)27-20(15-10-25-30-7-2-1-5-16(15)30)28-21(18)26-14-4-3-6-29(11-14)17(32)12-31/h1-2,5,7-10,14,31H,3-4,6,11-12H2,(H,23,24)(H,26,27,28)/t14-/m1/s1. The van der Waals surface area contributed by atoms with Crippen molar-refractivity contribution in [2.24, 2.45) is 0 Å². The number of H-pyrrole nitrogens is 1. The van der Waals surface area contributed by atoms with Gasteiger partial charge in [-0.2, -0.15) is 10.2 Å². The fourth-order valence-corrected chi connectivity index (χ4v) is 3.96. The average molecular weight is 436 g/mol. The Kier molecular flexibility index (Phi) is 5.23. The van der Waals surface area contributed by atoms with E-state index in [4.69, 9.17) is 5.11 Å². The van der Waals surface area contributed by atoms with Crippen LogP contribution in [0.25, 0.3) is 28.2 Å². The summed E-state index contributed by atoms with van der Waals surface area (Å²) in [6.07, 6.45) is 8.01. The van der Waals surface area contributed by atoms with Crippen molar-refractivity contribution in [1.82, 2.24) is 34.7 Å². The molecule has 5 rings (SSSR count). The van der Waals surface area contributed by atoms with Crippen molar-refractivity contribution < 1.29 is 14.3 Å². The highest BCUT2D eigenvalue weighted by molar-refractivity contribution is 5.78. The second kappa shape index (κ2) is 8.35. The van der Waals surface area contributed by atoms with Gasteiger partial charge in [0.25, 0.3) is 0 Å². The lowest BCUT2D eigenvalue weighted by Gasteiger charge is -2.33. The molecule has 4 aromatic heterocycles. The SMILES string of the molecule is O=C(CO)N1CCC[C@@H](Nc2nc(-c3cnn4ccccc34)nc(-c3cn[nH]c3)c2F)C1. The van der Waals surface area contributed by atoms with Gasteiger partial charge < -0.3 is 15.3 Å². The van der Waals surface area contributed by atoms with Crippen LogP contribution in [0.15, 0.2) is 43.0 Å². The predicted octanol–water partition coefficient (Wildman–Crippen LogP) is 1.72. The highest BCUT2D eigenvalue weighted by Gasteiger charge is 2.26. The summed E-state index contributed by atoms with van der Waals surface area (Å²) in [4.78, 5) is 22.4. The van der Waals surface area contributed by atoms with Crippen molar-refractivity contribution in [3.05, 3.63) is 48.8 Å². The molecule has 0 aliphatic carbocycles. The van der Waals surface area contributed by atoms with Gasteiger partial charge in [-0.25, -0.2) is 18.9 Å². The number of rotatable bonds is 5. The van der Waals surface area contributed by atoms with Gasteiger partial charge in [-0.05, 0) is 25.0 Å². The Morgan fingerprint density at radius 1 is 1.31 bits per heavy atom. The van der Waals surface area contributed by atoms with Gasteiger partial charge in [0, 0.05) is 37.1 Å². The summed E-state index contributed by atoms with van der Waals surface area (Å²) < 4.78 is 17.2. The highest BCUT2D eigenvalue weighted by Crippen LogP contribution is 2.30. The summed E-state index contributed by atoms with van der Waals surface area (Å²) in [5.74, 6) is -0.571. The number of nitrogens with one attached hydrogen (secondary N) is 2. The van der Waals surface area contributed by atoms with E-state index in [1.165, 1.54) is 6.20 Å². The minimum atomic E-state index is -0.600. The van der Waals surface area contributed by atoms with Crippen LogP contribution in [0.4, 0.5) is 10.2 Å². The molecule has 4 aromatic rings. The minimum absolute atomic E-state index is 0.0461. The monoisotopic (exact) mass is 436 g/mol. The van der Waals surface area contributed by atoms with Crippen molar-refractivity contribution in [1.29, 1.82) is 0 Å². The van der Waals surface area contributed by atoms with Crippen LogP contribution in [0.2, 0.25) is 0 Å². The fourth-order valence-electron chi connectivity index (χ4n) is 3.96. The molecule has 3 N–H and O–H groups in total. The van der Waals surface area contributed by atoms with Crippen LogP contribution in [-0.2, 0) is 4.79 Å². The Bertz CT molecular complexity index is 1260. The van der Waals surface area contributed by atoms with E-state index in [0.29, 0.717) is 30.0 Å². The number of carbonyl (C=O) groups excluding carboxylic acids is 1. The van der Waals surface area contributed by atoms with Crippen molar-refractivity contribution in [2.75, 3.05) is 25.0 Å². The zero-order chi connectivity index (χ0) is 22.1. The third kappa shape index (κ3) is 3.66. The van der Waals surface area contributed by atoms with E-state index in [-0.39, 0.29) is 23.5 Å². The number of amides is 1. The Morgan fingerprint density at radius 3 is 3.03 bits per heavy atom. The van der Waals surface area contributed by atoms with Crippen LogP contribution in [0.5, 0.6) is 0 Å². The zero-order valence-corrected chi connectivity index (χ0v) is 17.1. The summed E-state index contributed by atoms with van der Waals surface area (Å²) in [7, 11) is 0. The second-order valence-corrected chi connectivity index (χ2v) is 7.62. The normalized spacial score (nSPS) is 16.4. The lowest BCUT2D eigenvalue weighted by Crippen LogP contribution is -2.46. The van der Waals surface area contributed by atoms with Gasteiger partial charge in [-0.3, -0.25) is 9.89 Å². The van der Waals surface area contributed by atoms with Crippen molar-refractivity contribution in [2.45, 2.75) is 18.9 Å². The molecule has 0 aromatic carbocycles. The first-order chi connectivity index (χ1) is 15.6. The summed E-state index contributed by atoms with van der Waals surface area (Å²) in [5, 5.41) is 23.2. The maximum Gasteiger partial charge on any atom is 0.248 e. The van der Waals surface area contributed by atoms with Crippen molar-refractivity contribution >= 4 is 17.2 Å². The van der Waals surface area contributed by atoms with Gasteiger partial charge in [0.1, 0.15) is 12.3 Å². The molecule has 5 heterocycles. The van der Waals surface area contributed by atoms with Crippen molar-refractivity contribution in [3.8, 4) is 22.6 Å². The number of aliphatic hydroxyl groups is 1. The lowest BCUT2D eigenvalue weighted by atomic mass is 10.1. The number of nitrogens with zero attached hydrogens (tertiary/aromatic N) is 6. The Labute approximate surface area is 182 Å². The van der Waals surface area contributed by atoms with Crippen LogP contribution in [-0.4, -0.2) is 71.4 Å². The molecule has 1 saturated heterocycles. The van der Waals surface area contributed by atoms with Crippen LogP contribution < -0.4 is 5.32 Å². The Morgan fingerprint density at radius 2 is 2.22 bits per heavy atom. The maximum atomic E-state index is 15.5. The smallest absolute Gasteiger partial charge is 0.248 e. The number of aliphatic hydroxyl groups excluding tert-OH is 1. The minimum Gasteiger partial charge on any atom is -0.387 e. The van der Waals surface area contributed by atoms with Gasteiger partial charge in [-0.15, -0.1) is 0 Å². The first-order valence-electron chi connectivity index (χ1n) is 10.3. The molecule has 0 bridgehead atoms. The highest BCUT2D eigenvalue weighted by atomic mass is 19.1. The molecule has 10 nitrogen and oxygen atoms in total. The van der Waals surface area contributed by atoms with Crippen LogP contribution in [0, 0.1) is 5.82 Å². The van der Waals surface area contributed by atoms with E-state index in [2.05, 4.69) is 30.6 Å². The molecule has 1 fully saturated rings. The number of hydrogen-bond acceptors (Lipinski definition) is 7. The molecule has 1 atom stereocenters. The molecule has 0 radical (unpaired) electrons. The summed E-state index contributed by atoms with van der Waals surface area (Å²) in [5.41, 5.74) is 2.06. The van der Waals surface area contributed by atoms with Crippen LogP contribution >= 0.6 is 0 Å². The lowest BCUT2D eigenvalue weighted by molar-refractivity contribution is -0.135. The number of piperidine rings is 1. The first kappa shape index (κ1) is 20.1. The van der Waals surface area contributed by atoms with Crippen molar-refractivity contribution in [3.63, 3.8) is 0 Å². The molecular weight excluding hydrogens is 415 g/mol. The van der Waals surface area contributed by atoms with Crippen LogP contribution in [0.3, 0.4) is 0 Å². The van der Waals surface area contributed by atoms with Gasteiger partial charge in [0.05, 0.1) is 23.5 Å². The molecule has 0 saturated carbocycles. The Hall–Kier alpha value is -3.86. The van der Waals surface area contributed by atoms with E-state index < -0.39 is 12.4 Å². The molecule has 164 valence electrons. The van der Waals surface area contributed by atoms with E-state index in [1.807, 2.05) is 24.4 Å². The maximum absolute atomic E-state index is 15.5. The summed E-state index contributed by atoms with van der Waals surface area (Å²) in [6, 6.07) is 5.42. The third-order valence-corrected chi connectivity index (χ3v) is 5.54. The largest absolute Gasteiger partial charge is 0.387 e. The number of anilines is 1. The van der Waals surface area contributed by atoms with E-state index in [9.17, 15) is 4.79 Å². The topological polar surface area (TPSA) is 124 Å². The quantitative estimate of drug-likeness (QED) is 0.435. The van der Waals surface area contributed by atoms with E-state index >= 15 is 4.39 Å². The van der Waals surface area contributed by atoms with E-state index in [0.717, 1.165) is 18.4 Å². The number of fused-ring (bicyclic) bond motifs is 1. The fraction of sp³-hybridized carbons (Fsp3) is 0.286. The molecule has 1 aliphatic heterocycles. The molecule has 1 amide bonds. The number of pyridine rings is 1. The number of aromatic nitrogens is 6. The summed E-state index contributed by atoms with van der Waals surface area (Å²) >= 11 is 0. The molecule has 0 spiro atoms. The predicted molar refractivity (Wildman–Crippen MR) is 114 cm³/mol. The van der Waals surface area contributed by atoms with E-state index in [1.54, 1.807) is 21.8 Å². The average Bonchev–Trinajstić information content (AvgIpc) is 3.50. The second-order valence-electron chi connectivity index (χ2n) is 7.62. The summed E-state index contributed by atoms with van der Waals surface area (Å²) in [6.45, 7) is 0.381. The molecule has 1 aliphatic rings. The van der Waals surface area contributed by atoms with Gasteiger partial charge in [0.15, 0.2) is 17.5 Å². The number of hydrogen-bond donors (Lipinski definition) is 3. The zero-order valence-electron chi connectivity index (χ0n) is 17.1. The van der Waals surface area contributed by atoms with Gasteiger partial charge in [0.2, 0.25) is 5.91 Å². The van der Waals surface area contributed by atoms with Gasteiger partial charge in [-0.1, -0.05) is 6.07 Å². The molecule has 0 unspecified atom stereocenters. The van der Waals surface area contributed by atoms with Gasteiger partial charge >= 0.3 is 0 Å². The van der Waals surface area contributed by atoms with Crippen LogP contribution in [0.1, 0.15) is 12.8 Å². The first-order valence-corrected chi connectivity index (χ1v) is 10.3. The number of halogens is 1. The molecular formula is C21H21FN8O2. The number of aromatic amines is 1. The molecule has 32 heavy (non-hydrogen) atoms. The number of likely N-dealkylation sites (tertiary alicyclic amines) is 1. The third-order valence-electron chi connectivity index (χ3n) is 5.54.